The van der Waals surface area contributed by atoms with Crippen LogP contribution in [-0.4, -0.2) is 53.8 Å². The highest BCUT2D eigenvalue weighted by atomic mass is 19.1. The summed E-state index contributed by atoms with van der Waals surface area (Å²) in [5.74, 6) is -1.32. The number of benzene rings is 1. The molecule has 3 atom stereocenters. The number of anilines is 1. The van der Waals surface area contributed by atoms with E-state index in [0.717, 1.165) is 34.7 Å². The van der Waals surface area contributed by atoms with Crippen molar-refractivity contribution >= 4 is 23.5 Å². The van der Waals surface area contributed by atoms with E-state index in [4.69, 9.17) is 0 Å². The van der Waals surface area contributed by atoms with Crippen molar-refractivity contribution in [2.24, 2.45) is 16.2 Å². The third-order valence-corrected chi connectivity index (χ3v) is 7.91. The topological polar surface area (TPSA) is 60.9 Å². The lowest BCUT2D eigenvalue weighted by atomic mass is 9.56. The van der Waals surface area contributed by atoms with Crippen molar-refractivity contribution in [2.75, 3.05) is 19.0 Å². The minimum atomic E-state index is -1.43. The van der Waals surface area contributed by atoms with Crippen molar-refractivity contribution in [3.8, 4) is 0 Å². The molecule has 0 aromatic heterocycles. The average Bonchev–Trinajstić information content (AvgIpc) is 2.89. The van der Waals surface area contributed by atoms with Crippen molar-refractivity contribution in [3.05, 3.63) is 29.6 Å². The summed E-state index contributed by atoms with van der Waals surface area (Å²) in [7, 11) is 2.88. The fraction of sp³-hybridized carbons (Fsp3) is 0.609. The molecule has 7 heteroatoms. The van der Waals surface area contributed by atoms with E-state index in [2.05, 4.69) is 25.7 Å². The summed E-state index contributed by atoms with van der Waals surface area (Å²) in [6.45, 7) is 6.65. The number of fused-ring (bicyclic) bond motifs is 8. The van der Waals surface area contributed by atoms with E-state index in [9.17, 15) is 18.8 Å². The van der Waals surface area contributed by atoms with Gasteiger partial charge in [-0.05, 0) is 60.3 Å². The molecule has 4 amide bonds. The maximum absolute atomic E-state index is 14.2. The Morgan fingerprint density at radius 3 is 2.27 bits per heavy atom. The Hall–Kier alpha value is -2.44. The summed E-state index contributed by atoms with van der Waals surface area (Å²) in [6, 6.07) is 3.87. The fourth-order valence-corrected chi connectivity index (χ4v) is 7.42. The highest BCUT2D eigenvalue weighted by Crippen LogP contribution is 2.64. The van der Waals surface area contributed by atoms with E-state index in [1.165, 1.54) is 26.2 Å². The zero-order valence-corrected chi connectivity index (χ0v) is 18.2. The van der Waals surface area contributed by atoms with Crippen LogP contribution in [0.15, 0.2) is 18.2 Å². The lowest BCUT2D eigenvalue weighted by Gasteiger charge is -2.54. The average molecular weight is 413 g/mol. The molecule has 30 heavy (non-hydrogen) atoms. The summed E-state index contributed by atoms with van der Waals surface area (Å²) in [4.78, 5) is 44.4. The number of hydrogen-bond acceptors (Lipinski definition) is 4. The number of rotatable bonds is 0. The highest BCUT2D eigenvalue weighted by molar-refractivity contribution is 6.20. The molecule has 2 bridgehead atoms. The molecule has 160 valence electrons. The first-order valence-electron chi connectivity index (χ1n) is 10.6. The van der Waals surface area contributed by atoms with Gasteiger partial charge in [0.2, 0.25) is 11.8 Å². The van der Waals surface area contributed by atoms with Crippen LogP contribution in [0.1, 0.15) is 45.6 Å². The van der Waals surface area contributed by atoms with E-state index in [1.807, 2.05) is 0 Å². The van der Waals surface area contributed by atoms with Gasteiger partial charge in [-0.25, -0.2) is 9.18 Å². The van der Waals surface area contributed by atoms with Gasteiger partial charge in [0, 0.05) is 25.8 Å². The molecule has 3 heterocycles. The Labute approximate surface area is 176 Å². The Morgan fingerprint density at radius 1 is 1.00 bits per heavy atom. The molecule has 0 unspecified atom stereocenters. The molecule has 1 aromatic carbocycles. The van der Waals surface area contributed by atoms with Gasteiger partial charge < -0.3 is 4.90 Å². The van der Waals surface area contributed by atoms with Crippen LogP contribution in [0.3, 0.4) is 0 Å². The van der Waals surface area contributed by atoms with Crippen LogP contribution in [0, 0.1) is 22.1 Å². The minimum absolute atomic E-state index is 0.0603. The van der Waals surface area contributed by atoms with Crippen molar-refractivity contribution in [3.63, 3.8) is 0 Å². The Kier molecular flexibility index (Phi) is 3.66. The van der Waals surface area contributed by atoms with Crippen LogP contribution in [0.4, 0.5) is 14.9 Å². The van der Waals surface area contributed by atoms with E-state index in [1.54, 1.807) is 6.07 Å². The van der Waals surface area contributed by atoms with E-state index < -0.39 is 23.3 Å². The number of nitrogens with zero attached hydrogens (tertiary/aromatic N) is 3. The van der Waals surface area contributed by atoms with Crippen molar-refractivity contribution in [1.82, 2.24) is 9.80 Å². The Morgan fingerprint density at radius 2 is 1.63 bits per heavy atom. The number of halogens is 1. The van der Waals surface area contributed by atoms with Gasteiger partial charge in [-0.1, -0.05) is 20.8 Å². The van der Waals surface area contributed by atoms with Crippen LogP contribution in [-0.2, 0) is 16.0 Å². The molecule has 6 nitrogen and oxygen atoms in total. The summed E-state index contributed by atoms with van der Waals surface area (Å²) >= 11 is 0. The van der Waals surface area contributed by atoms with Gasteiger partial charge in [0.25, 0.3) is 0 Å². The van der Waals surface area contributed by atoms with Gasteiger partial charge in [-0.15, -0.1) is 0 Å². The third kappa shape index (κ3) is 2.21. The highest BCUT2D eigenvalue weighted by Gasteiger charge is 2.71. The van der Waals surface area contributed by atoms with Crippen molar-refractivity contribution in [2.45, 2.75) is 58.5 Å². The van der Waals surface area contributed by atoms with Crippen LogP contribution in [0.5, 0.6) is 0 Å². The molecular formula is C23H28FN3O3. The zero-order chi connectivity index (χ0) is 21.8. The maximum atomic E-state index is 14.2. The lowest BCUT2D eigenvalue weighted by molar-refractivity contribution is -0.161. The molecule has 1 spiro atoms. The normalized spacial score (nSPS) is 33.8. The van der Waals surface area contributed by atoms with Crippen molar-refractivity contribution in [1.29, 1.82) is 0 Å². The number of barbiturate groups is 1. The van der Waals surface area contributed by atoms with Crippen LogP contribution in [0.2, 0.25) is 0 Å². The second-order valence-electron chi connectivity index (χ2n) is 10.8. The molecular weight excluding hydrogens is 385 g/mol. The van der Waals surface area contributed by atoms with E-state index in [-0.39, 0.29) is 35.2 Å². The molecule has 1 aromatic rings. The predicted molar refractivity (Wildman–Crippen MR) is 109 cm³/mol. The first kappa shape index (κ1) is 19.5. The smallest absolute Gasteiger partial charge is 0.332 e. The summed E-state index contributed by atoms with van der Waals surface area (Å²) < 4.78 is 14.2. The number of amides is 4. The first-order chi connectivity index (χ1) is 13.9. The van der Waals surface area contributed by atoms with Gasteiger partial charge in [-0.2, -0.15) is 0 Å². The third-order valence-electron chi connectivity index (χ3n) is 7.91. The monoisotopic (exact) mass is 413 g/mol. The summed E-state index contributed by atoms with van der Waals surface area (Å²) in [5, 5.41) is 0. The van der Waals surface area contributed by atoms with Gasteiger partial charge in [0.15, 0.2) is 5.41 Å². The maximum Gasteiger partial charge on any atom is 0.332 e. The molecule has 1 aliphatic carbocycles. The number of imide groups is 2. The number of carbonyl (C=O) groups is 3. The van der Waals surface area contributed by atoms with Gasteiger partial charge in [-0.3, -0.25) is 19.4 Å². The summed E-state index contributed by atoms with van der Waals surface area (Å²) in [5.41, 5.74) is -0.0574. The molecule has 3 fully saturated rings. The zero-order valence-electron chi connectivity index (χ0n) is 18.2. The Bertz CT molecular complexity index is 981. The van der Waals surface area contributed by atoms with Crippen LogP contribution in [0.25, 0.3) is 0 Å². The lowest BCUT2D eigenvalue weighted by Crippen LogP contribution is -2.72. The quantitative estimate of drug-likeness (QED) is 0.613. The van der Waals surface area contributed by atoms with Gasteiger partial charge in [0.05, 0.1) is 6.04 Å². The van der Waals surface area contributed by atoms with Gasteiger partial charge in [0.1, 0.15) is 5.82 Å². The number of carbonyl (C=O) groups excluding carboxylic acids is 3. The molecule has 4 aliphatic rings. The second kappa shape index (κ2) is 5.62. The van der Waals surface area contributed by atoms with Crippen LogP contribution < -0.4 is 4.90 Å². The molecule has 5 rings (SSSR count). The summed E-state index contributed by atoms with van der Waals surface area (Å²) in [6.07, 6.45) is 2.82. The molecule has 1 saturated carbocycles. The standard InChI is InChI=1S/C23H28FN3O3/c1-21(2)10-15-11-22(3,12-21)17-23(18(28)25(4)20(30)26(5)19(23)29)9-13-8-14(24)6-7-16(13)27(15)17/h6-8,15,17H,9-12H2,1-5H3/t15-,17-,22+/m1/s1. The van der Waals surface area contributed by atoms with E-state index >= 15 is 0 Å². The minimum Gasteiger partial charge on any atom is -0.363 e. The first-order valence-corrected chi connectivity index (χ1v) is 10.6. The van der Waals surface area contributed by atoms with E-state index in [0.29, 0.717) is 5.56 Å². The fourth-order valence-electron chi connectivity index (χ4n) is 7.42. The number of hydrogen-bond donors (Lipinski definition) is 0. The molecule has 2 saturated heterocycles. The Balaban J connectivity index is 1.80. The van der Waals surface area contributed by atoms with Crippen LogP contribution >= 0.6 is 0 Å². The number of urea groups is 1. The van der Waals surface area contributed by atoms with Crippen molar-refractivity contribution < 1.29 is 18.8 Å². The predicted octanol–water partition coefficient (Wildman–Crippen LogP) is 3.19. The van der Waals surface area contributed by atoms with Gasteiger partial charge >= 0.3 is 6.03 Å². The molecule has 0 radical (unpaired) electrons. The SMILES string of the molecule is CN1C(=O)N(C)C(=O)C2(Cc3cc(F)ccc3N3[C@@H]4CC(C)(C)C[C@](C)(C4)[C@@H]32)C1=O. The largest absolute Gasteiger partial charge is 0.363 e. The second-order valence-corrected chi connectivity index (χ2v) is 10.8. The molecule has 0 N–H and O–H groups in total. The molecule has 3 aliphatic heterocycles.